The topological polar surface area (TPSA) is 59.0 Å². The number of piperidine rings is 1. The van der Waals surface area contributed by atoms with Gasteiger partial charge in [-0.2, -0.15) is 0 Å². The molecule has 1 N–H and O–H groups in total. The first-order chi connectivity index (χ1) is 15.2. The fourth-order valence-corrected chi connectivity index (χ4v) is 4.79. The van der Waals surface area contributed by atoms with Crippen LogP contribution in [0.5, 0.6) is 11.5 Å². The van der Waals surface area contributed by atoms with E-state index < -0.39 is 6.10 Å². The molecule has 1 spiro atoms. The Balaban J connectivity index is 1.27. The summed E-state index contributed by atoms with van der Waals surface area (Å²) >= 11 is 6.13. The zero-order valence-electron chi connectivity index (χ0n) is 19.1. The van der Waals surface area contributed by atoms with Crippen molar-refractivity contribution in [1.29, 1.82) is 0 Å². The maximum Gasteiger partial charge on any atom is 0.153 e. The number of carbonyl (C=O) groups is 1. The van der Waals surface area contributed by atoms with E-state index >= 15 is 0 Å². The second-order valence-corrected chi connectivity index (χ2v) is 10.5. The highest BCUT2D eigenvalue weighted by molar-refractivity contribution is 6.30. The average molecular weight is 458 g/mol. The minimum absolute atomic E-state index is 0.0436. The molecular formula is C26H32ClNO4. The minimum atomic E-state index is -0.633. The number of nitrogens with zero attached hydrogens (tertiary/aromatic N) is 1. The predicted octanol–water partition coefficient (Wildman–Crippen LogP) is 4.66. The van der Waals surface area contributed by atoms with Crippen molar-refractivity contribution in [3.8, 4) is 11.5 Å². The lowest BCUT2D eigenvalue weighted by molar-refractivity contribution is -0.00198. The summed E-state index contributed by atoms with van der Waals surface area (Å²) in [7, 11) is 0. The number of likely N-dealkylation sites (tertiary alicyclic amines) is 1. The number of hydrogen-bond donors (Lipinski definition) is 1. The fourth-order valence-electron chi connectivity index (χ4n) is 4.60. The molecule has 2 aromatic rings. The van der Waals surface area contributed by atoms with Gasteiger partial charge in [-0.05, 0) is 46.9 Å². The third-order valence-electron chi connectivity index (χ3n) is 6.53. The van der Waals surface area contributed by atoms with Crippen LogP contribution in [0.25, 0.3) is 0 Å². The van der Waals surface area contributed by atoms with Gasteiger partial charge in [0.2, 0.25) is 0 Å². The molecule has 0 unspecified atom stereocenters. The van der Waals surface area contributed by atoms with Gasteiger partial charge in [-0.15, -0.1) is 0 Å². The summed E-state index contributed by atoms with van der Waals surface area (Å²) in [5.41, 5.74) is 2.58. The van der Waals surface area contributed by atoms with Crippen molar-refractivity contribution >= 4 is 17.9 Å². The van der Waals surface area contributed by atoms with Crippen molar-refractivity contribution in [1.82, 2.24) is 4.90 Å². The molecule has 1 saturated heterocycles. The second kappa shape index (κ2) is 9.05. The Bertz CT molecular complexity index is 976. The van der Waals surface area contributed by atoms with Crippen LogP contribution in [0.2, 0.25) is 5.02 Å². The van der Waals surface area contributed by atoms with E-state index in [1.807, 2.05) is 36.4 Å². The molecule has 2 aliphatic heterocycles. The lowest BCUT2D eigenvalue weighted by Crippen LogP contribution is -2.49. The monoisotopic (exact) mass is 457 g/mol. The summed E-state index contributed by atoms with van der Waals surface area (Å²) in [6.45, 7) is 8.72. The van der Waals surface area contributed by atoms with Crippen LogP contribution in [-0.2, 0) is 11.8 Å². The number of carbonyl (C=O) groups excluding carboxylic acids is 1. The van der Waals surface area contributed by atoms with E-state index in [0.29, 0.717) is 17.9 Å². The van der Waals surface area contributed by atoms with Gasteiger partial charge in [-0.3, -0.25) is 4.79 Å². The molecule has 1 fully saturated rings. The first-order valence-corrected chi connectivity index (χ1v) is 11.7. The van der Waals surface area contributed by atoms with Crippen LogP contribution in [-0.4, -0.2) is 54.2 Å². The van der Waals surface area contributed by atoms with E-state index in [1.54, 1.807) is 0 Å². The first kappa shape index (κ1) is 23.1. The Morgan fingerprint density at radius 3 is 2.66 bits per heavy atom. The molecule has 0 saturated carbocycles. The molecule has 1 atom stereocenters. The standard InChI is InChI=1S/C26H32ClNO4/c1-25(2,3)20-4-6-23(19(12-20)16-29)31-17-22(30)15-28-10-8-26(9-11-28)14-18-13-21(27)5-7-24(18)32-26/h4-7,12-13,16,22,30H,8-11,14-15,17H2,1-3H3/t22-/m0/s1. The molecule has 2 aromatic carbocycles. The van der Waals surface area contributed by atoms with E-state index in [4.69, 9.17) is 21.1 Å². The van der Waals surface area contributed by atoms with Gasteiger partial charge < -0.3 is 19.5 Å². The van der Waals surface area contributed by atoms with Gasteiger partial charge in [0, 0.05) is 43.9 Å². The van der Waals surface area contributed by atoms with Crippen LogP contribution in [0.4, 0.5) is 0 Å². The molecule has 0 aliphatic carbocycles. The molecule has 2 aliphatic rings. The molecule has 0 aromatic heterocycles. The largest absolute Gasteiger partial charge is 0.490 e. The number of ether oxygens (including phenoxy) is 2. The van der Waals surface area contributed by atoms with Crippen molar-refractivity contribution < 1.29 is 19.4 Å². The molecule has 0 amide bonds. The number of benzene rings is 2. The van der Waals surface area contributed by atoms with Crippen LogP contribution >= 0.6 is 11.6 Å². The number of aliphatic hydroxyl groups is 1. The second-order valence-electron chi connectivity index (χ2n) is 10.1. The highest BCUT2D eigenvalue weighted by atomic mass is 35.5. The number of aliphatic hydroxyl groups excluding tert-OH is 1. The van der Waals surface area contributed by atoms with Crippen LogP contribution in [0, 0.1) is 0 Å². The van der Waals surface area contributed by atoms with Gasteiger partial charge >= 0.3 is 0 Å². The van der Waals surface area contributed by atoms with Gasteiger partial charge in [0.1, 0.15) is 29.8 Å². The van der Waals surface area contributed by atoms with E-state index in [-0.39, 0.29) is 17.6 Å². The molecule has 2 heterocycles. The van der Waals surface area contributed by atoms with Crippen molar-refractivity contribution in [3.63, 3.8) is 0 Å². The third-order valence-corrected chi connectivity index (χ3v) is 6.77. The van der Waals surface area contributed by atoms with Crippen molar-refractivity contribution in [2.75, 3.05) is 26.2 Å². The van der Waals surface area contributed by atoms with Crippen molar-refractivity contribution in [2.24, 2.45) is 0 Å². The molecule has 6 heteroatoms. The number of fused-ring (bicyclic) bond motifs is 1. The summed E-state index contributed by atoms with van der Waals surface area (Å²) in [6.07, 6.45) is 2.90. The maximum atomic E-state index is 11.5. The predicted molar refractivity (Wildman–Crippen MR) is 126 cm³/mol. The van der Waals surface area contributed by atoms with Gasteiger partial charge in [-0.1, -0.05) is 38.4 Å². The Kier molecular flexibility index (Phi) is 6.53. The number of rotatable bonds is 6. The number of halogens is 1. The number of aldehydes is 1. The van der Waals surface area contributed by atoms with Crippen LogP contribution in [0.15, 0.2) is 36.4 Å². The van der Waals surface area contributed by atoms with Gasteiger partial charge in [0.15, 0.2) is 6.29 Å². The Morgan fingerprint density at radius 2 is 1.97 bits per heavy atom. The van der Waals surface area contributed by atoms with Crippen LogP contribution in [0.3, 0.4) is 0 Å². The highest BCUT2D eigenvalue weighted by Gasteiger charge is 2.42. The fraction of sp³-hybridized carbons (Fsp3) is 0.500. The molecule has 0 radical (unpaired) electrons. The maximum absolute atomic E-state index is 11.5. The molecule has 5 nitrogen and oxygen atoms in total. The van der Waals surface area contributed by atoms with E-state index in [2.05, 4.69) is 25.7 Å². The summed E-state index contributed by atoms with van der Waals surface area (Å²) < 4.78 is 12.1. The zero-order valence-corrected chi connectivity index (χ0v) is 19.8. The smallest absolute Gasteiger partial charge is 0.153 e. The Labute approximate surface area is 195 Å². The molecule has 4 rings (SSSR count). The minimum Gasteiger partial charge on any atom is -0.490 e. The van der Waals surface area contributed by atoms with E-state index in [1.165, 1.54) is 5.56 Å². The molecule has 0 bridgehead atoms. The van der Waals surface area contributed by atoms with E-state index in [0.717, 1.165) is 55.0 Å². The summed E-state index contributed by atoms with van der Waals surface area (Å²) in [4.78, 5) is 13.8. The molecular weight excluding hydrogens is 426 g/mol. The first-order valence-electron chi connectivity index (χ1n) is 11.3. The molecule has 172 valence electrons. The lowest BCUT2D eigenvalue weighted by Gasteiger charge is -2.39. The highest BCUT2D eigenvalue weighted by Crippen LogP contribution is 2.42. The normalized spacial score (nSPS) is 18.8. The number of hydrogen-bond acceptors (Lipinski definition) is 5. The van der Waals surface area contributed by atoms with Gasteiger partial charge in [-0.25, -0.2) is 0 Å². The zero-order chi connectivity index (χ0) is 22.9. The van der Waals surface area contributed by atoms with Gasteiger partial charge in [0.05, 0.1) is 5.56 Å². The number of β-amino-alcohol motifs (C(OH)–C–C–N with tert-alkyl or cyclic N) is 1. The lowest BCUT2D eigenvalue weighted by atomic mass is 9.86. The van der Waals surface area contributed by atoms with Crippen molar-refractivity contribution in [2.45, 2.75) is 57.2 Å². The van der Waals surface area contributed by atoms with Crippen LogP contribution in [0.1, 0.15) is 55.1 Å². The quantitative estimate of drug-likeness (QED) is 0.639. The Morgan fingerprint density at radius 1 is 1.22 bits per heavy atom. The van der Waals surface area contributed by atoms with E-state index in [9.17, 15) is 9.90 Å². The third kappa shape index (κ3) is 5.11. The van der Waals surface area contributed by atoms with Gasteiger partial charge in [0.25, 0.3) is 0 Å². The summed E-state index contributed by atoms with van der Waals surface area (Å²) in [6, 6.07) is 11.5. The van der Waals surface area contributed by atoms with Crippen LogP contribution < -0.4 is 9.47 Å². The summed E-state index contributed by atoms with van der Waals surface area (Å²) in [5.74, 6) is 1.46. The Hall–Kier alpha value is -2.08. The van der Waals surface area contributed by atoms with Crippen molar-refractivity contribution in [3.05, 3.63) is 58.1 Å². The summed E-state index contributed by atoms with van der Waals surface area (Å²) in [5, 5.41) is 11.3. The SMILES string of the molecule is CC(C)(C)c1ccc(OC[C@@H](O)CN2CCC3(CC2)Cc2cc(Cl)ccc2O3)c(C=O)c1. The average Bonchev–Trinajstić information content (AvgIpc) is 3.10. The molecule has 32 heavy (non-hydrogen) atoms.